The largest absolute Gasteiger partial charge is 0.402 e. The number of halogens is 1. The highest BCUT2D eigenvalue weighted by atomic mass is 35.5. The van der Waals surface area contributed by atoms with E-state index in [1.54, 1.807) is 30.3 Å². The van der Waals surface area contributed by atoms with E-state index in [-0.39, 0.29) is 0 Å². The van der Waals surface area contributed by atoms with Crippen LogP contribution < -0.4 is 0 Å². The number of nitrogens with zero attached hydrogens (tertiary/aromatic N) is 1. The number of thiophene rings is 1. The lowest BCUT2D eigenvalue weighted by Gasteiger charge is -1.98. The molecule has 0 N–H and O–H groups in total. The van der Waals surface area contributed by atoms with Crippen molar-refractivity contribution in [2.75, 3.05) is 0 Å². The highest BCUT2D eigenvalue weighted by Gasteiger charge is 2.24. The van der Waals surface area contributed by atoms with E-state index in [1.807, 2.05) is 17.5 Å². The molecule has 0 saturated carbocycles. The Morgan fingerprint density at radius 2 is 2.00 bits per heavy atom. The van der Waals surface area contributed by atoms with E-state index >= 15 is 0 Å². The van der Waals surface area contributed by atoms with Crippen LogP contribution in [0.3, 0.4) is 0 Å². The summed E-state index contributed by atoms with van der Waals surface area (Å²) in [4.78, 5) is 16.9. The number of esters is 1. The van der Waals surface area contributed by atoms with Gasteiger partial charge < -0.3 is 4.74 Å². The van der Waals surface area contributed by atoms with Gasteiger partial charge in [-0.25, -0.2) is 9.79 Å². The van der Waals surface area contributed by atoms with Crippen LogP contribution in [0.1, 0.15) is 10.4 Å². The summed E-state index contributed by atoms with van der Waals surface area (Å²) in [6.45, 7) is 0. The quantitative estimate of drug-likeness (QED) is 0.624. The van der Waals surface area contributed by atoms with Gasteiger partial charge in [-0.15, -0.1) is 11.3 Å². The second-order valence-electron chi connectivity index (χ2n) is 3.86. The number of cyclic esters (lactones) is 1. The maximum absolute atomic E-state index is 11.7. The number of benzene rings is 1. The Morgan fingerprint density at radius 1 is 1.21 bits per heavy atom. The molecule has 3 rings (SSSR count). The van der Waals surface area contributed by atoms with Crippen LogP contribution >= 0.6 is 22.9 Å². The van der Waals surface area contributed by atoms with Crippen molar-refractivity contribution in [1.82, 2.24) is 0 Å². The molecule has 94 valence electrons. The van der Waals surface area contributed by atoms with Crippen molar-refractivity contribution in [3.8, 4) is 0 Å². The van der Waals surface area contributed by atoms with Gasteiger partial charge >= 0.3 is 5.97 Å². The molecule has 19 heavy (non-hydrogen) atoms. The van der Waals surface area contributed by atoms with Gasteiger partial charge in [-0.1, -0.05) is 17.7 Å². The molecular formula is C14H8ClNO2S. The lowest BCUT2D eigenvalue weighted by atomic mass is 10.2. The molecule has 0 bridgehead atoms. The van der Waals surface area contributed by atoms with Crippen LogP contribution in [0.4, 0.5) is 0 Å². The first-order valence-electron chi connectivity index (χ1n) is 5.54. The van der Waals surface area contributed by atoms with Gasteiger partial charge in [0.05, 0.1) is 0 Å². The molecule has 1 aromatic carbocycles. The van der Waals surface area contributed by atoms with E-state index in [2.05, 4.69) is 4.99 Å². The number of rotatable bonds is 2. The number of carbonyl (C=O) groups excluding carboxylic acids is 1. The molecule has 3 nitrogen and oxygen atoms in total. The highest BCUT2D eigenvalue weighted by molar-refractivity contribution is 7.10. The third kappa shape index (κ3) is 2.59. The molecule has 0 saturated heterocycles. The molecular weight excluding hydrogens is 282 g/mol. The van der Waals surface area contributed by atoms with E-state index in [9.17, 15) is 4.79 Å². The molecule has 1 aromatic heterocycles. The van der Waals surface area contributed by atoms with Crippen molar-refractivity contribution in [2.45, 2.75) is 0 Å². The van der Waals surface area contributed by atoms with Crippen molar-refractivity contribution in [1.29, 1.82) is 0 Å². The van der Waals surface area contributed by atoms with Crippen LogP contribution in [0.15, 0.2) is 52.5 Å². The standard InChI is InChI=1S/C14H8ClNO2S/c15-10-5-3-9(4-6-10)13-16-12(14(17)18-13)8-11-2-1-7-19-11/h1-8H/b12-8+. The summed E-state index contributed by atoms with van der Waals surface area (Å²) in [6.07, 6.45) is 1.72. The molecule has 0 spiro atoms. The summed E-state index contributed by atoms with van der Waals surface area (Å²) in [5.74, 6) is -0.122. The Hall–Kier alpha value is -1.91. The summed E-state index contributed by atoms with van der Waals surface area (Å²) in [6, 6.07) is 10.8. The molecule has 5 heteroatoms. The van der Waals surface area contributed by atoms with Crippen LogP contribution in [0, 0.1) is 0 Å². The maximum atomic E-state index is 11.7. The van der Waals surface area contributed by atoms with Crippen LogP contribution in [-0.2, 0) is 9.53 Å². The average Bonchev–Trinajstić information content (AvgIpc) is 3.02. The molecule has 2 aromatic rings. The third-order valence-electron chi connectivity index (χ3n) is 2.53. The Labute approximate surface area is 118 Å². The Bertz CT molecular complexity index is 672. The minimum atomic E-state index is -0.432. The van der Waals surface area contributed by atoms with E-state index in [1.165, 1.54) is 11.3 Å². The molecule has 1 aliphatic heterocycles. The minimum absolute atomic E-state index is 0.310. The SMILES string of the molecule is O=C1OC(c2ccc(Cl)cc2)=N/C1=C/c1cccs1. The monoisotopic (exact) mass is 289 g/mol. The van der Waals surface area contributed by atoms with Gasteiger partial charge in [-0.3, -0.25) is 0 Å². The number of ether oxygens (including phenoxy) is 1. The highest BCUT2D eigenvalue weighted by Crippen LogP contribution is 2.21. The van der Waals surface area contributed by atoms with Gasteiger partial charge in [0.2, 0.25) is 5.90 Å². The van der Waals surface area contributed by atoms with Gasteiger partial charge in [-0.05, 0) is 41.8 Å². The molecule has 0 atom stereocenters. The minimum Gasteiger partial charge on any atom is -0.402 e. The number of aliphatic imine (C=N–C) groups is 1. The summed E-state index contributed by atoms with van der Waals surface area (Å²) < 4.78 is 5.15. The molecule has 0 radical (unpaired) electrons. The van der Waals surface area contributed by atoms with Crippen molar-refractivity contribution >= 4 is 40.9 Å². The zero-order valence-corrected chi connectivity index (χ0v) is 11.2. The van der Waals surface area contributed by atoms with Crippen molar-refractivity contribution in [3.05, 3.63) is 62.9 Å². The first-order chi connectivity index (χ1) is 9.22. The smallest absolute Gasteiger partial charge is 0.363 e. The molecule has 1 aliphatic rings. The van der Waals surface area contributed by atoms with E-state index in [0.717, 1.165) is 10.4 Å². The molecule has 0 fully saturated rings. The summed E-state index contributed by atoms with van der Waals surface area (Å²) in [5, 5.41) is 2.57. The van der Waals surface area contributed by atoms with Crippen LogP contribution in [-0.4, -0.2) is 11.9 Å². The third-order valence-corrected chi connectivity index (χ3v) is 3.61. The zero-order chi connectivity index (χ0) is 13.2. The number of hydrogen-bond acceptors (Lipinski definition) is 4. The predicted molar refractivity (Wildman–Crippen MR) is 76.4 cm³/mol. The van der Waals surface area contributed by atoms with Crippen LogP contribution in [0.5, 0.6) is 0 Å². The number of hydrogen-bond donors (Lipinski definition) is 0. The summed E-state index contributed by atoms with van der Waals surface area (Å²) >= 11 is 7.35. The lowest BCUT2D eigenvalue weighted by Crippen LogP contribution is -2.04. The van der Waals surface area contributed by atoms with Crippen LogP contribution in [0.25, 0.3) is 6.08 Å². The van der Waals surface area contributed by atoms with Gasteiger partial charge in [0.15, 0.2) is 5.70 Å². The van der Waals surface area contributed by atoms with Gasteiger partial charge in [-0.2, -0.15) is 0 Å². The second kappa shape index (κ2) is 4.99. The van der Waals surface area contributed by atoms with Crippen molar-refractivity contribution < 1.29 is 9.53 Å². The Balaban J connectivity index is 1.93. The first kappa shape index (κ1) is 12.1. The maximum Gasteiger partial charge on any atom is 0.363 e. The summed E-state index contributed by atoms with van der Waals surface area (Å²) in [7, 11) is 0. The first-order valence-corrected chi connectivity index (χ1v) is 6.80. The van der Waals surface area contributed by atoms with Gasteiger partial charge in [0, 0.05) is 15.5 Å². The van der Waals surface area contributed by atoms with Gasteiger partial charge in [0.25, 0.3) is 0 Å². The van der Waals surface area contributed by atoms with Gasteiger partial charge in [0.1, 0.15) is 0 Å². The zero-order valence-electron chi connectivity index (χ0n) is 9.67. The molecule has 0 aliphatic carbocycles. The fourth-order valence-corrected chi connectivity index (χ4v) is 2.41. The topological polar surface area (TPSA) is 38.7 Å². The van der Waals surface area contributed by atoms with E-state index in [0.29, 0.717) is 16.6 Å². The lowest BCUT2D eigenvalue weighted by molar-refractivity contribution is -0.129. The van der Waals surface area contributed by atoms with E-state index < -0.39 is 5.97 Å². The van der Waals surface area contributed by atoms with E-state index in [4.69, 9.17) is 16.3 Å². The fraction of sp³-hybridized carbons (Fsp3) is 0. The normalized spacial score (nSPS) is 16.6. The Kier molecular flexibility index (Phi) is 3.19. The summed E-state index contributed by atoms with van der Waals surface area (Å²) in [5.41, 5.74) is 1.04. The predicted octanol–water partition coefficient (Wildman–Crippen LogP) is 3.75. The van der Waals surface area contributed by atoms with Crippen LogP contribution in [0.2, 0.25) is 5.02 Å². The number of carbonyl (C=O) groups is 1. The Morgan fingerprint density at radius 3 is 2.68 bits per heavy atom. The second-order valence-corrected chi connectivity index (χ2v) is 5.27. The van der Waals surface area contributed by atoms with Crippen molar-refractivity contribution in [3.63, 3.8) is 0 Å². The fourth-order valence-electron chi connectivity index (χ4n) is 1.63. The molecule has 2 heterocycles. The molecule has 0 amide bonds. The van der Waals surface area contributed by atoms with Crippen molar-refractivity contribution in [2.24, 2.45) is 4.99 Å². The average molecular weight is 290 g/mol. The molecule has 0 unspecified atom stereocenters.